The van der Waals surface area contributed by atoms with E-state index in [4.69, 9.17) is 4.52 Å². The van der Waals surface area contributed by atoms with Gasteiger partial charge in [-0.25, -0.2) is 8.42 Å². The van der Waals surface area contributed by atoms with Gasteiger partial charge >= 0.3 is 0 Å². The fourth-order valence-electron chi connectivity index (χ4n) is 4.52. The maximum Gasteiger partial charge on any atom is 0.248 e. The first kappa shape index (κ1) is 22.2. The van der Waals surface area contributed by atoms with Gasteiger partial charge in [0.1, 0.15) is 10.6 Å². The highest BCUT2D eigenvalue weighted by Crippen LogP contribution is 2.25. The summed E-state index contributed by atoms with van der Waals surface area (Å²) in [6.45, 7) is 9.33. The number of rotatable bonds is 6. The molecule has 29 heavy (non-hydrogen) atoms. The second-order valence-electron chi connectivity index (χ2n) is 8.30. The van der Waals surface area contributed by atoms with Gasteiger partial charge in [0, 0.05) is 26.2 Å². The summed E-state index contributed by atoms with van der Waals surface area (Å²) in [4.78, 5) is 17.0. The van der Waals surface area contributed by atoms with E-state index in [0.717, 1.165) is 25.4 Å². The first-order valence-corrected chi connectivity index (χ1v) is 12.2. The van der Waals surface area contributed by atoms with Crippen molar-refractivity contribution in [3.63, 3.8) is 0 Å². The number of hydrogen-bond acceptors (Lipinski definition) is 6. The molecule has 2 fully saturated rings. The van der Waals surface area contributed by atoms with E-state index in [-0.39, 0.29) is 10.8 Å². The number of sulfonamides is 1. The first-order chi connectivity index (χ1) is 13.8. The van der Waals surface area contributed by atoms with Gasteiger partial charge in [0.2, 0.25) is 15.9 Å². The van der Waals surface area contributed by atoms with Gasteiger partial charge in [-0.05, 0) is 52.1 Å². The second-order valence-corrected chi connectivity index (χ2v) is 10.2. The van der Waals surface area contributed by atoms with E-state index in [1.54, 1.807) is 18.7 Å². The molecule has 2 aliphatic rings. The molecule has 0 spiro atoms. The summed E-state index contributed by atoms with van der Waals surface area (Å²) < 4.78 is 32.3. The smallest absolute Gasteiger partial charge is 0.248 e. The topological polar surface area (TPSA) is 87.0 Å². The molecule has 3 heterocycles. The van der Waals surface area contributed by atoms with Crippen LogP contribution in [-0.2, 0) is 14.8 Å². The number of carbonyl (C=O) groups is 1. The molecule has 0 bridgehead atoms. The number of nitrogens with zero attached hydrogens (tertiary/aromatic N) is 4. The molecule has 0 radical (unpaired) electrons. The third kappa shape index (κ3) is 5.19. The zero-order valence-electron chi connectivity index (χ0n) is 17.9. The average Bonchev–Trinajstić information content (AvgIpc) is 2.89. The summed E-state index contributed by atoms with van der Waals surface area (Å²) in [5.41, 5.74) is 0.378. The number of aromatic nitrogens is 1. The van der Waals surface area contributed by atoms with Crippen LogP contribution in [0.25, 0.3) is 0 Å². The van der Waals surface area contributed by atoms with Crippen LogP contribution in [0.1, 0.15) is 50.5 Å². The summed E-state index contributed by atoms with van der Waals surface area (Å²) >= 11 is 0. The minimum atomic E-state index is -3.64. The minimum Gasteiger partial charge on any atom is -0.360 e. The van der Waals surface area contributed by atoms with Crippen LogP contribution >= 0.6 is 0 Å². The summed E-state index contributed by atoms with van der Waals surface area (Å²) in [5.74, 6) is 1.20. The van der Waals surface area contributed by atoms with Gasteiger partial charge in [-0.1, -0.05) is 24.9 Å². The molecule has 1 aromatic heterocycles. The van der Waals surface area contributed by atoms with Crippen molar-refractivity contribution in [2.75, 3.05) is 45.8 Å². The molecule has 2 saturated heterocycles. The van der Waals surface area contributed by atoms with Gasteiger partial charge in [-0.2, -0.15) is 4.31 Å². The van der Waals surface area contributed by atoms with E-state index in [2.05, 4.69) is 17.0 Å². The normalized spacial score (nSPS) is 22.6. The van der Waals surface area contributed by atoms with Gasteiger partial charge in [0.15, 0.2) is 5.76 Å². The molecule has 1 atom stereocenters. The maximum atomic E-state index is 12.9. The molecule has 1 unspecified atom stereocenters. The van der Waals surface area contributed by atoms with Crippen molar-refractivity contribution in [2.24, 2.45) is 5.92 Å². The van der Waals surface area contributed by atoms with Gasteiger partial charge in [-0.15, -0.1) is 0 Å². The van der Waals surface area contributed by atoms with E-state index in [1.807, 2.05) is 0 Å². The Bertz CT molecular complexity index is 780. The van der Waals surface area contributed by atoms with E-state index in [1.165, 1.54) is 30.0 Å². The number of amides is 1. The SMILES string of the molecule is CCCC1CCCN(CC(=O)N2CCN(S(=O)(=O)c3c(C)noc3C)CC2)CC1. The molecule has 0 saturated carbocycles. The van der Waals surface area contributed by atoms with Crippen molar-refractivity contribution in [3.8, 4) is 0 Å². The van der Waals surface area contributed by atoms with Crippen LogP contribution in [0.4, 0.5) is 0 Å². The largest absolute Gasteiger partial charge is 0.360 e. The number of likely N-dealkylation sites (tertiary alicyclic amines) is 1. The van der Waals surface area contributed by atoms with Crippen LogP contribution in [0.5, 0.6) is 0 Å². The third-order valence-corrected chi connectivity index (χ3v) is 8.30. The molecule has 0 aliphatic carbocycles. The minimum absolute atomic E-state index is 0.105. The maximum absolute atomic E-state index is 12.9. The summed E-state index contributed by atoms with van der Waals surface area (Å²) in [6.07, 6.45) is 6.09. The Morgan fingerprint density at radius 1 is 1.10 bits per heavy atom. The molecule has 164 valence electrons. The number of aryl methyl sites for hydroxylation is 2. The van der Waals surface area contributed by atoms with Crippen molar-refractivity contribution in [1.29, 1.82) is 0 Å². The van der Waals surface area contributed by atoms with E-state index < -0.39 is 10.0 Å². The Hall–Kier alpha value is -1.45. The van der Waals surface area contributed by atoms with Crippen molar-refractivity contribution in [1.82, 2.24) is 19.3 Å². The Balaban J connectivity index is 1.52. The fraction of sp³-hybridized carbons (Fsp3) is 0.800. The summed E-state index contributed by atoms with van der Waals surface area (Å²) in [7, 11) is -3.64. The van der Waals surface area contributed by atoms with Gasteiger partial charge in [-0.3, -0.25) is 9.69 Å². The molecule has 0 aromatic carbocycles. The average molecular weight is 427 g/mol. The Morgan fingerprint density at radius 3 is 2.45 bits per heavy atom. The van der Waals surface area contributed by atoms with Gasteiger partial charge in [0.05, 0.1) is 6.54 Å². The molecule has 1 amide bonds. The lowest BCUT2D eigenvalue weighted by Gasteiger charge is -2.35. The lowest BCUT2D eigenvalue weighted by Crippen LogP contribution is -2.52. The lowest BCUT2D eigenvalue weighted by molar-refractivity contribution is -0.133. The van der Waals surface area contributed by atoms with Gasteiger partial charge in [0.25, 0.3) is 0 Å². The van der Waals surface area contributed by atoms with Crippen LogP contribution in [0.15, 0.2) is 9.42 Å². The molecule has 3 rings (SSSR count). The van der Waals surface area contributed by atoms with Crippen LogP contribution in [-0.4, -0.2) is 79.4 Å². The highest BCUT2D eigenvalue weighted by Gasteiger charge is 2.34. The zero-order valence-corrected chi connectivity index (χ0v) is 18.7. The van der Waals surface area contributed by atoms with Crippen LogP contribution < -0.4 is 0 Å². The predicted octanol–water partition coefficient (Wildman–Crippen LogP) is 2.03. The van der Waals surface area contributed by atoms with Gasteiger partial charge < -0.3 is 9.42 Å². The summed E-state index contributed by atoms with van der Waals surface area (Å²) in [6, 6.07) is 0. The van der Waals surface area contributed by atoms with E-state index in [9.17, 15) is 13.2 Å². The molecule has 8 nitrogen and oxygen atoms in total. The zero-order chi connectivity index (χ0) is 21.0. The molecular formula is C20H34N4O4S. The van der Waals surface area contributed by atoms with Crippen molar-refractivity contribution in [2.45, 2.75) is 57.8 Å². The molecule has 0 N–H and O–H groups in total. The number of piperazine rings is 1. The summed E-state index contributed by atoms with van der Waals surface area (Å²) in [5, 5.41) is 3.76. The Kier molecular flexibility index (Phi) is 7.34. The number of carbonyl (C=O) groups excluding carboxylic acids is 1. The Morgan fingerprint density at radius 2 is 1.83 bits per heavy atom. The van der Waals surface area contributed by atoms with Crippen molar-refractivity contribution >= 4 is 15.9 Å². The standard InChI is InChI=1S/C20H34N4O4S/c1-4-6-18-7-5-9-22(10-8-18)15-19(25)23-11-13-24(14-12-23)29(26,27)20-16(2)21-28-17(20)3/h18H,4-15H2,1-3H3. The van der Waals surface area contributed by atoms with E-state index in [0.29, 0.717) is 44.2 Å². The fourth-order valence-corrected chi connectivity index (χ4v) is 6.23. The number of hydrogen-bond donors (Lipinski definition) is 0. The quantitative estimate of drug-likeness (QED) is 0.692. The first-order valence-electron chi connectivity index (χ1n) is 10.8. The molecular weight excluding hydrogens is 392 g/mol. The third-order valence-electron chi connectivity index (χ3n) is 6.15. The molecule has 1 aromatic rings. The van der Waals surface area contributed by atoms with Crippen molar-refractivity contribution < 1.29 is 17.7 Å². The van der Waals surface area contributed by atoms with Crippen LogP contribution in [0.3, 0.4) is 0 Å². The predicted molar refractivity (Wildman–Crippen MR) is 110 cm³/mol. The van der Waals surface area contributed by atoms with Crippen LogP contribution in [0.2, 0.25) is 0 Å². The Labute approximate surface area is 174 Å². The highest BCUT2D eigenvalue weighted by molar-refractivity contribution is 7.89. The monoisotopic (exact) mass is 426 g/mol. The lowest BCUT2D eigenvalue weighted by atomic mass is 9.96. The van der Waals surface area contributed by atoms with Crippen molar-refractivity contribution in [3.05, 3.63) is 11.5 Å². The van der Waals surface area contributed by atoms with Crippen LogP contribution in [0, 0.1) is 19.8 Å². The highest BCUT2D eigenvalue weighted by atomic mass is 32.2. The second kappa shape index (κ2) is 9.57. The molecule has 2 aliphatic heterocycles. The molecule has 9 heteroatoms. The van der Waals surface area contributed by atoms with E-state index >= 15 is 0 Å².